The molecule has 2 nitrogen and oxygen atoms in total. The molecule has 0 fully saturated rings. The van der Waals surface area contributed by atoms with Gasteiger partial charge in [-0.3, -0.25) is 0 Å². The smallest absolute Gasteiger partial charge is 0.132 e. The first-order valence-electron chi connectivity index (χ1n) is 5.72. The number of aromatic nitrogens is 1. The molecule has 2 aromatic rings. The molecule has 2 rings (SSSR count). The zero-order chi connectivity index (χ0) is 13.1. The summed E-state index contributed by atoms with van der Waals surface area (Å²) in [6.07, 6.45) is 0.897. The minimum absolute atomic E-state index is 0.249. The lowest BCUT2D eigenvalue weighted by molar-refractivity contribution is 0.630. The third-order valence-corrected chi connectivity index (χ3v) is 4.32. The van der Waals surface area contributed by atoms with Gasteiger partial charge >= 0.3 is 0 Å². The Hall–Kier alpha value is -0.780. The Morgan fingerprint density at radius 3 is 3.00 bits per heavy atom. The van der Waals surface area contributed by atoms with Crippen molar-refractivity contribution in [3.8, 4) is 11.3 Å². The van der Waals surface area contributed by atoms with E-state index in [2.05, 4.69) is 27.8 Å². The van der Waals surface area contributed by atoms with Crippen LogP contribution in [0.3, 0.4) is 0 Å². The van der Waals surface area contributed by atoms with Gasteiger partial charge in [-0.1, -0.05) is 22.9 Å². The summed E-state index contributed by atoms with van der Waals surface area (Å²) in [5, 5.41) is 2.91. The number of nitrogens with zero attached hydrogens (tertiary/aromatic N) is 1. The molecule has 1 heterocycles. The van der Waals surface area contributed by atoms with Crippen LogP contribution in [0.5, 0.6) is 0 Å². The van der Waals surface area contributed by atoms with E-state index >= 15 is 0 Å². The Morgan fingerprint density at radius 2 is 2.28 bits per heavy atom. The molecule has 0 aliphatic carbocycles. The summed E-state index contributed by atoms with van der Waals surface area (Å²) < 4.78 is 14.6. The number of nitrogens with two attached hydrogens (primary N) is 1. The number of halogens is 2. The van der Waals surface area contributed by atoms with Gasteiger partial charge in [-0.05, 0) is 31.2 Å². The number of hydrogen-bond acceptors (Lipinski definition) is 3. The second-order valence-electron chi connectivity index (χ2n) is 4.17. The third-order valence-electron chi connectivity index (χ3n) is 2.75. The topological polar surface area (TPSA) is 38.9 Å². The van der Waals surface area contributed by atoms with Crippen LogP contribution in [-0.2, 0) is 0 Å². The van der Waals surface area contributed by atoms with E-state index in [-0.39, 0.29) is 5.82 Å². The molecule has 0 radical (unpaired) electrons. The van der Waals surface area contributed by atoms with E-state index in [0.717, 1.165) is 15.9 Å². The van der Waals surface area contributed by atoms with Crippen LogP contribution in [0.2, 0.25) is 0 Å². The summed E-state index contributed by atoms with van der Waals surface area (Å²) >= 11 is 4.90. The van der Waals surface area contributed by atoms with E-state index in [1.165, 1.54) is 6.07 Å². The maximum absolute atomic E-state index is 13.7. The lowest BCUT2D eigenvalue weighted by Gasteiger charge is -2.05. The van der Waals surface area contributed by atoms with Gasteiger partial charge in [-0.2, -0.15) is 0 Å². The summed E-state index contributed by atoms with van der Waals surface area (Å²) in [7, 11) is 0. The average Bonchev–Trinajstić information content (AvgIpc) is 2.82. The van der Waals surface area contributed by atoms with Crippen molar-refractivity contribution in [3.05, 3.63) is 38.9 Å². The lowest BCUT2D eigenvalue weighted by Crippen LogP contribution is -2.04. The maximum Gasteiger partial charge on any atom is 0.132 e. The van der Waals surface area contributed by atoms with Crippen molar-refractivity contribution in [1.82, 2.24) is 4.98 Å². The highest BCUT2D eigenvalue weighted by atomic mass is 79.9. The fraction of sp³-hybridized carbons (Fsp3) is 0.308. The molecule has 1 aromatic heterocycles. The highest BCUT2D eigenvalue weighted by Gasteiger charge is 2.13. The first kappa shape index (κ1) is 13.6. The molecular formula is C13H14BrFN2S. The Morgan fingerprint density at radius 1 is 1.50 bits per heavy atom. The van der Waals surface area contributed by atoms with Crippen LogP contribution >= 0.6 is 27.3 Å². The summed E-state index contributed by atoms with van der Waals surface area (Å²) in [6.45, 7) is 2.73. The molecule has 0 saturated carbocycles. The third kappa shape index (κ3) is 2.96. The van der Waals surface area contributed by atoms with Crippen LogP contribution in [0.4, 0.5) is 4.39 Å². The molecule has 18 heavy (non-hydrogen) atoms. The summed E-state index contributed by atoms with van der Waals surface area (Å²) in [4.78, 5) is 4.50. The molecule has 2 N–H and O–H groups in total. The molecule has 0 spiro atoms. The fourth-order valence-corrected chi connectivity index (χ4v) is 2.98. The van der Waals surface area contributed by atoms with Crippen LogP contribution in [0.25, 0.3) is 11.3 Å². The molecule has 0 bridgehead atoms. The van der Waals surface area contributed by atoms with Crippen LogP contribution in [-0.4, -0.2) is 11.5 Å². The lowest BCUT2D eigenvalue weighted by atomic mass is 10.1. The minimum atomic E-state index is -0.249. The van der Waals surface area contributed by atoms with E-state index in [0.29, 0.717) is 23.7 Å². The Labute approximate surface area is 118 Å². The molecule has 0 aliphatic heterocycles. The maximum atomic E-state index is 13.7. The van der Waals surface area contributed by atoms with Gasteiger partial charge in [-0.15, -0.1) is 11.3 Å². The van der Waals surface area contributed by atoms with E-state index in [4.69, 9.17) is 5.73 Å². The van der Waals surface area contributed by atoms with Crippen molar-refractivity contribution in [2.24, 2.45) is 5.73 Å². The van der Waals surface area contributed by atoms with Crippen molar-refractivity contribution in [3.63, 3.8) is 0 Å². The van der Waals surface area contributed by atoms with E-state index in [1.807, 2.05) is 5.38 Å². The van der Waals surface area contributed by atoms with Crippen molar-refractivity contribution < 1.29 is 4.39 Å². The molecule has 1 unspecified atom stereocenters. The largest absolute Gasteiger partial charge is 0.330 e. The SMILES string of the molecule is CC(CCN)c1nc(-c2cc(Br)ccc2F)cs1. The predicted octanol–water partition coefficient (Wildman–Crippen LogP) is 4.16. The minimum Gasteiger partial charge on any atom is -0.330 e. The number of rotatable bonds is 4. The highest BCUT2D eigenvalue weighted by Crippen LogP contribution is 2.30. The molecule has 1 atom stereocenters. The van der Waals surface area contributed by atoms with Gasteiger partial charge in [0.05, 0.1) is 10.7 Å². The van der Waals surface area contributed by atoms with Crippen molar-refractivity contribution >= 4 is 27.3 Å². The molecule has 1 aromatic carbocycles. The number of hydrogen-bond donors (Lipinski definition) is 1. The van der Waals surface area contributed by atoms with Gasteiger partial charge in [-0.25, -0.2) is 9.37 Å². The molecule has 96 valence electrons. The molecule has 5 heteroatoms. The van der Waals surface area contributed by atoms with Crippen molar-refractivity contribution in [1.29, 1.82) is 0 Å². The zero-order valence-electron chi connectivity index (χ0n) is 9.99. The van der Waals surface area contributed by atoms with Gasteiger partial charge in [0.25, 0.3) is 0 Å². The van der Waals surface area contributed by atoms with Crippen molar-refractivity contribution in [2.75, 3.05) is 6.54 Å². The molecule has 0 aliphatic rings. The van der Waals surface area contributed by atoms with Crippen LogP contribution in [0.15, 0.2) is 28.1 Å². The van der Waals surface area contributed by atoms with Gasteiger partial charge in [0.15, 0.2) is 0 Å². The molecule has 0 amide bonds. The van der Waals surface area contributed by atoms with Gasteiger partial charge < -0.3 is 5.73 Å². The summed E-state index contributed by atoms with van der Waals surface area (Å²) in [5.74, 6) is 0.0745. The second-order valence-corrected chi connectivity index (χ2v) is 5.98. The highest BCUT2D eigenvalue weighted by molar-refractivity contribution is 9.10. The van der Waals surface area contributed by atoms with E-state index < -0.39 is 0 Å². The van der Waals surface area contributed by atoms with E-state index in [9.17, 15) is 4.39 Å². The molecular weight excluding hydrogens is 315 g/mol. The van der Waals surface area contributed by atoms with Crippen LogP contribution < -0.4 is 5.73 Å². The average molecular weight is 329 g/mol. The number of thiazole rings is 1. The van der Waals surface area contributed by atoms with Crippen LogP contribution in [0, 0.1) is 5.82 Å². The Bertz CT molecular complexity index is 542. The molecule has 0 saturated heterocycles. The second kappa shape index (κ2) is 5.91. The Kier molecular flexibility index (Phi) is 4.48. The van der Waals surface area contributed by atoms with Crippen molar-refractivity contribution in [2.45, 2.75) is 19.3 Å². The predicted molar refractivity (Wildman–Crippen MR) is 77.3 cm³/mol. The number of benzene rings is 1. The normalized spacial score (nSPS) is 12.7. The summed E-state index contributed by atoms with van der Waals surface area (Å²) in [6, 6.07) is 4.88. The Balaban J connectivity index is 2.32. The standard InChI is InChI=1S/C13H14BrFN2S/c1-8(4-5-16)13-17-12(7-18-13)10-6-9(14)2-3-11(10)15/h2-3,6-8H,4-5,16H2,1H3. The zero-order valence-corrected chi connectivity index (χ0v) is 12.4. The van der Waals surface area contributed by atoms with Gasteiger partial charge in [0.1, 0.15) is 5.82 Å². The first-order valence-corrected chi connectivity index (χ1v) is 7.40. The monoisotopic (exact) mass is 328 g/mol. The van der Waals surface area contributed by atoms with Crippen LogP contribution in [0.1, 0.15) is 24.3 Å². The van der Waals surface area contributed by atoms with E-state index in [1.54, 1.807) is 23.5 Å². The fourth-order valence-electron chi connectivity index (χ4n) is 1.70. The van der Waals surface area contributed by atoms with Gasteiger partial charge in [0.2, 0.25) is 0 Å². The van der Waals surface area contributed by atoms with Gasteiger partial charge in [0, 0.05) is 21.3 Å². The summed E-state index contributed by atoms with van der Waals surface area (Å²) in [5.41, 5.74) is 6.77. The quantitative estimate of drug-likeness (QED) is 0.915. The first-order chi connectivity index (χ1) is 8.61.